The number of aliphatic hydroxyl groups is 1. The number of hydrogen-bond donors (Lipinski definition) is 2. The SMILES string of the molecule is OCCN1CCN(C(=S)N/N=C2/CCOc3cccnc32)CC1. The minimum absolute atomic E-state index is 0.199. The first-order valence-corrected chi connectivity index (χ1v) is 8.21. The molecule has 23 heavy (non-hydrogen) atoms. The molecule has 0 aromatic carbocycles. The molecule has 2 N–H and O–H groups in total. The largest absolute Gasteiger partial charge is 0.491 e. The van der Waals surface area contributed by atoms with Crippen molar-refractivity contribution in [1.29, 1.82) is 0 Å². The zero-order chi connectivity index (χ0) is 16.1. The highest BCUT2D eigenvalue weighted by molar-refractivity contribution is 7.80. The van der Waals surface area contributed by atoms with E-state index in [-0.39, 0.29) is 6.61 Å². The number of nitrogens with one attached hydrogen (secondary N) is 1. The fourth-order valence-corrected chi connectivity index (χ4v) is 2.94. The van der Waals surface area contributed by atoms with E-state index in [0.29, 0.717) is 18.1 Å². The summed E-state index contributed by atoms with van der Waals surface area (Å²) in [5, 5.41) is 14.0. The Labute approximate surface area is 140 Å². The fourth-order valence-electron chi connectivity index (χ4n) is 2.71. The van der Waals surface area contributed by atoms with Crippen molar-refractivity contribution in [1.82, 2.24) is 20.2 Å². The van der Waals surface area contributed by atoms with Crippen LogP contribution in [0.5, 0.6) is 5.75 Å². The van der Waals surface area contributed by atoms with Gasteiger partial charge in [-0.3, -0.25) is 15.3 Å². The smallest absolute Gasteiger partial charge is 0.189 e. The third-order valence-electron chi connectivity index (χ3n) is 4.00. The van der Waals surface area contributed by atoms with E-state index in [1.54, 1.807) is 6.20 Å². The van der Waals surface area contributed by atoms with Crippen LogP contribution in [0.25, 0.3) is 0 Å². The lowest BCUT2D eigenvalue weighted by Gasteiger charge is -2.35. The maximum absolute atomic E-state index is 8.97. The van der Waals surface area contributed by atoms with Gasteiger partial charge in [-0.15, -0.1) is 0 Å². The predicted octanol–water partition coefficient (Wildman–Crippen LogP) is 0.0526. The van der Waals surface area contributed by atoms with Crippen LogP contribution in [0.1, 0.15) is 12.1 Å². The molecule has 0 atom stereocenters. The normalized spacial score (nSPS) is 20.0. The number of piperazine rings is 1. The lowest BCUT2D eigenvalue weighted by atomic mass is 10.1. The van der Waals surface area contributed by atoms with E-state index in [9.17, 15) is 0 Å². The molecule has 0 radical (unpaired) electrons. The molecular formula is C15H21N5O2S. The van der Waals surface area contributed by atoms with Gasteiger partial charge < -0.3 is 14.7 Å². The Morgan fingerprint density at radius 1 is 1.39 bits per heavy atom. The van der Waals surface area contributed by atoms with Gasteiger partial charge in [-0.1, -0.05) is 0 Å². The van der Waals surface area contributed by atoms with Gasteiger partial charge in [0.2, 0.25) is 0 Å². The van der Waals surface area contributed by atoms with E-state index >= 15 is 0 Å². The number of fused-ring (bicyclic) bond motifs is 1. The van der Waals surface area contributed by atoms with Crippen molar-refractivity contribution in [3.05, 3.63) is 24.0 Å². The topological polar surface area (TPSA) is 73.2 Å². The number of hydrazone groups is 1. The van der Waals surface area contributed by atoms with Crippen LogP contribution in [-0.2, 0) is 0 Å². The van der Waals surface area contributed by atoms with Gasteiger partial charge in [0.1, 0.15) is 11.4 Å². The van der Waals surface area contributed by atoms with E-state index in [2.05, 4.69) is 25.3 Å². The minimum atomic E-state index is 0.199. The Hall–Kier alpha value is -1.77. The molecule has 0 saturated carbocycles. The Balaban J connectivity index is 1.57. The monoisotopic (exact) mass is 335 g/mol. The molecule has 1 saturated heterocycles. The van der Waals surface area contributed by atoms with Crippen LogP contribution >= 0.6 is 12.2 Å². The second-order valence-corrected chi connectivity index (χ2v) is 5.86. The molecule has 2 aliphatic heterocycles. The number of hydrogen-bond acceptors (Lipinski definition) is 6. The Bertz CT molecular complexity index is 587. The van der Waals surface area contributed by atoms with Crippen LogP contribution < -0.4 is 10.2 Å². The van der Waals surface area contributed by atoms with Crippen LogP contribution in [0.2, 0.25) is 0 Å². The number of β-amino-alcohol motifs (C(OH)–C–C–N with tert-alkyl or cyclic N) is 1. The molecule has 3 rings (SSSR count). The van der Waals surface area contributed by atoms with Crippen LogP contribution in [0.4, 0.5) is 0 Å². The van der Waals surface area contributed by atoms with Gasteiger partial charge in [-0.25, -0.2) is 0 Å². The van der Waals surface area contributed by atoms with E-state index in [4.69, 9.17) is 22.1 Å². The Morgan fingerprint density at radius 3 is 3.00 bits per heavy atom. The minimum Gasteiger partial charge on any atom is -0.491 e. The molecule has 8 heteroatoms. The summed E-state index contributed by atoms with van der Waals surface area (Å²) in [6.45, 7) is 5.01. The molecule has 0 unspecified atom stereocenters. The summed E-state index contributed by atoms with van der Waals surface area (Å²) in [4.78, 5) is 8.67. The number of rotatable bonds is 3. The van der Waals surface area contributed by atoms with Crippen molar-refractivity contribution in [2.45, 2.75) is 6.42 Å². The van der Waals surface area contributed by atoms with Gasteiger partial charge in [0.25, 0.3) is 0 Å². The molecule has 0 spiro atoms. The third kappa shape index (κ3) is 3.95. The highest BCUT2D eigenvalue weighted by Gasteiger charge is 2.20. The molecule has 0 aliphatic carbocycles. The number of pyridine rings is 1. The molecule has 124 valence electrons. The summed E-state index contributed by atoms with van der Waals surface area (Å²) >= 11 is 5.43. The molecule has 1 fully saturated rings. The van der Waals surface area contributed by atoms with Crippen molar-refractivity contribution in [3.8, 4) is 5.75 Å². The first-order chi connectivity index (χ1) is 11.3. The van der Waals surface area contributed by atoms with Crippen molar-refractivity contribution < 1.29 is 9.84 Å². The molecule has 1 aromatic heterocycles. The first kappa shape index (κ1) is 16.1. The third-order valence-corrected chi connectivity index (χ3v) is 4.35. The molecule has 7 nitrogen and oxygen atoms in total. The predicted molar refractivity (Wildman–Crippen MR) is 91.7 cm³/mol. The average Bonchev–Trinajstić information content (AvgIpc) is 2.60. The molecule has 0 amide bonds. The van der Waals surface area contributed by atoms with Crippen LogP contribution in [0.15, 0.2) is 23.4 Å². The van der Waals surface area contributed by atoms with Gasteiger partial charge in [0.05, 0.1) is 18.9 Å². The van der Waals surface area contributed by atoms with Gasteiger partial charge in [-0.05, 0) is 24.4 Å². The number of nitrogens with zero attached hydrogens (tertiary/aromatic N) is 4. The maximum atomic E-state index is 8.97. The summed E-state index contributed by atoms with van der Waals surface area (Å²) in [5.74, 6) is 0.767. The van der Waals surface area contributed by atoms with E-state index < -0.39 is 0 Å². The standard InChI is InChI=1S/C15H21N5O2S/c21-10-9-19-5-7-20(8-6-19)15(23)18-17-12-3-11-22-13-2-1-4-16-14(12)13/h1-2,4,21H,3,5-11H2,(H,18,23)/b17-12-. The van der Waals surface area contributed by atoms with Crippen LogP contribution in [-0.4, -0.2) is 76.7 Å². The van der Waals surface area contributed by atoms with Gasteiger partial charge in [0.15, 0.2) is 5.11 Å². The highest BCUT2D eigenvalue weighted by Crippen LogP contribution is 2.21. The first-order valence-electron chi connectivity index (χ1n) is 7.81. The quantitative estimate of drug-likeness (QED) is 0.597. The summed E-state index contributed by atoms with van der Waals surface area (Å²) in [6.07, 6.45) is 2.45. The van der Waals surface area contributed by atoms with E-state index in [1.807, 2.05) is 12.1 Å². The summed E-state index contributed by atoms with van der Waals surface area (Å²) in [6, 6.07) is 3.75. The van der Waals surface area contributed by atoms with E-state index in [1.165, 1.54) is 0 Å². The van der Waals surface area contributed by atoms with Crippen LogP contribution in [0, 0.1) is 0 Å². The van der Waals surface area contributed by atoms with Crippen molar-refractivity contribution in [2.75, 3.05) is 45.9 Å². The summed E-state index contributed by atoms with van der Waals surface area (Å²) < 4.78 is 5.57. The zero-order valence-electron chi connectivity index (χ0n) is 12.9. The van der Waals surface area contributed by atoms with Crippen LogP contribution in [0.3, 0.4) is 0 Å². The maximum Gasteiger partial charge on any atom is 0.189 e. The summed E-state index contributed by atoms with van der Waals surface area (Å²) in [7, 11) is 0. The lowest BCUT2D eigenvalue weighted by molar-refractivity contribution is 0.146. The highest BCUT2D eigenvalue weighted by atomic mass is 32.1. The molecule has 3 heterocycles. The molecule has 2 aliphatic rings. The second kappa shape index (κ2) is 7.67. The number of aliphatic hydroxyl groups excluding tert-OH is 1. The average molecular weight is 335 g/mol. The zero-order valence-corrected chi connectivity index (χ0v) is 13.8. The van der Waals surface area contributed by atoms with Gasteiger partial charge in [0, 0.05) is 45.3 Å². The van der Waals surface area contributed by atoms with Gasteiger partial charge in [-0.2, -0.15) is 5.10 Å². The molecule has 0 bridgehead atoms. The lowest BCUT2D eigenvalue weighted by Crippen LogP contribution is -2.51. The molecule has 1 aromatic rings. The van der Waals surface area contributed by atoms with E-state index in [0.717, 1.165) is 49.9 Å². The number of thiocarbonyl (C=S) groups is 1. The fraction of sp³-hybridized carbons (Fsp3) is 0.533. The van der Waals surface area contributed by atoms with Crippen molar-refractivity contribution in [3.63, 3.8) is 0 Å². The Morgan fingerprint density at radius 2 is 2.22 bits per heavy atom. The summed E-state index contributed by atoms with van der Waals surface area (Å²) in [5.41, 5.74) is 4.64. The second-order valence-electron chi connectivity index (χ2n) is 5.48. The van der Waals surface area contributed by atoms with Gasteiger partial charge >= 0.3 is 0 Å². The van der Waals surface area contributed by atoms with Crippen molar-refractivity contribution in [2.24, 2.45) is 5.10 Å². The number of aromatic nitrogens is 1. The number of ether oxygens (including phenoxy) is 1. The Kier molecular flexibility index (Phi) is 5.37. The van der Waals surface area contributed by atoms with Crippen molar-refractivity contribution >= 4 is 23.0 Å². The molecular weight excluding hydrogens is 314 g/mol.